The summed E-state index contributed by atoms with van der Waals surface area (Å²) in [7, 11) is 4.14. The molecule has 1 N–H and O–H groups in total. The average Bonchev–Trinajstić information content (AvgIpc) is 2.39. The monoisotopic (exact) mass is 270 g/mol. The summed E-state index contributed by atoms with van der Waals surface area (Å²) in [6.07, 6.45) is 0. The van der Waals surface area contributed by atoms with Crippen LogP contribution in [-0.4, -0.2) is 35.2 Å². The van der Waals surface area contributed by atoms with Crippen molar-refractivity contribution < 1.29 is 0 Å². The molecule has 0 amide bonds. The van der Waals surface area contributed by atoms with Crippen LogP contribution >= 0.6 is 0 Å². The first-order valence-electron chi connectivity index (χ1n) is 6.89. The quantitative estimate of drug-likeness (QED) is 0.906. The molecule has 20 heavy (non-hydrogen) atoms. The zero-order valence-electron chi connectivity index (χ0n) is 12.6. The standard InChI is InChI=1S/C16H22N4/c1-12(2)17-16-10-9-15(18-19-16)14-7-5-13(6-8-14)11-20(3)4/h5-10,12H,11H2,1-4H3,(H,17,19). The van der Waals surface area contributed by atoms with Gasteiger partial charge < -0.3 is 10.2 Å². The third-order valence-corrected chi connectivity index (χ3v) is 2.85. The van der Waals surface area contributed by atoms with Crippen LogP contribution in [0, 0.1) is 0 Å². The number of nitrogens with zero attached hydrogens (tertiary/aromatic N) is 3. The van der Waals surface area contributed by atoms with E-state index in [9.17, 15) is 0 Å². The van der Waals surface area contributed by atoms with Gasteiger partial charge in [0, 0.05) is 18.2 Å². The van der Waals surface area contributed by atoms with E-state index in [4.69, 9.17) is 0 Å². The summed E-state index contributed by atoms with van der Waals surface area (Å²) < 4.78 is 0. The van der Waals surface area contributed by atoms with Crippen molar-refractivity contribution >= 4 is 5.82 Å². The van der Waals surface area contributed by atoms with E-state index in [1.165, 1.54) is 5.56 Å². The molecule has 0 bridgehead atoms. The predicted octanol–water partition coefficient (Wildman–Crippen LogP) is 3.03. The zero-order valence-corrected chi connectivity index (χ0v) is 12.6. The molecule has 0 radical (unpaired) electrons. The predicted molar refractivity (Wildman–Crippen MR) is 83.6 cm³/mol. The van der Waals surface area contributed by atoms with E-state index in [-0.39, 0.29) is 0 Å². The van der Waals surface area contributed by atoms with Crippen LogP contribution in [0.15, 0.2) is 36.4 Å². The minimum Gasteiger partial charge on any atom is -0.366 e. The molecule has 0 saturated heterocycles. The van der Waals surface area contributed by atoms with Crippen LogP contribution in [0.4, 0.5) is 5.82 Å². The molecule has 1 heterocycles. The van der Waals surface area contributed by atoms with E-state index in [0.29, 0.717) is 6.04 Å². The van der Waals surface area contributed by atoms with Gasteiger partial charge in [0.2, 0.25) is 0 Å². The summed E-state index contributed by atoms with van der Waals surface area (Å²) >= 11 is 0. The summed E-state index contributed by atoms with van der Waals surface area (Å²) in [5.41, 5.74) is 3.29. The van der Waals surface area contributed by atoms with Crippen LogP contribution in [0.2, 0.25) is 0 Å². The minimum absolute atomic E-state index is 0.362. The summed E-state index contributed by atoms with van der Waals surface area (Å²) in [4.78, 5) is 2.15. The average molecular weight is 270 g/mol. The molecule has 0 saturated carbocycles. The fraction of sp³-hybridized carbons (Fsp3) is 0.375. The molecular formula is C16H22N4. The Morgan fingerprint density at radius 1 is 1.00 bits per heavy atom. The van der Waals surface area contributed by atoms with Gasteiger partial charge in [-0.2, -0.15) is 0 Å². The number of nitrogens with one attached hydrogen (secondary N) is 1. The summed E-state index contributed by atoms with van der Waals surface area (Å²) in [5, 5.41) is 11.7. The molecule has 0 atom stereocenters. The lowest BCUT2D eigenvalue weighted by Crippen LogP contribution is -2.11. The Labute approximate surface area is 120 Å². The van der Waals surface area contributed by atoms with Gasteiger partial charge in [-0.15, -0.1) is 10.2 Å². The fourth-order valence-electron chi connectivity index (χ4n) is 2.01. The second-order valence-corrected chi connectivity index (χ2v) is 5.54. The maximum Gasteiger partial charge on any atom is 0.148 e. The molecular weight excluding hydrogens is 248 g/mol. The lowest BCUT2D eigenvalue weighted by Gasteiger charge is -2.10. The molecule has 106 valence electrons. The van der Waals surface area contributed by atoms with E-state index in [2.05, 4.69) is 72.6 Å². The fourth-order valence-corrected chi connectivity index (χ4v) is 2.01. The third kappa shape index (κ3) is 4.03. The Bertz CT molecular complexity index is 478. The first kappa shape index (κ1) is 14.5. The Kier molecular flexibility index (Phi) is 4.69. The van der Waals surface area contributed by atoms with Crippen LogP contribution in [-0.2, 0) is 6.54 Å². The van der Waals surface area contributed by atoms with Crippen LogP contribution in [0.25, 0.3) is 11.3 Å². The van der Waals surface area contributed by atoms with Gasteiger partial charge in [0.15, 0.2) is 0 Å². The largest absolute Gasteiger partial charge is 0.366 e. The van der Waals surface area contributed by atoms with Crippen LogP contribution in [0.3, 0.4) is 0 Å². The Balaban J connectivity index is 2.11. The molecule has 0 aliphatic rings. The topological polar surface area (TPSA) is 41.0 Å². The third-order valence-electron chi connectivity index (χ3n) is 2.85. The van der Waals surface area contributed by atoms with E-state index < -0.39 is 0 Å². The van der Waals surface area contributed by atoms with E-state index >= 15 is 0 Å². The molecule has 0 spiro atoms. The highest BCUT2D eigenvalue weighted by molar-refractivity contribution is 5.59. The van der Waals surface area contributed by atoms with E-state index in [1.54, 1.807) is 0 Å². The zero-order chi connectivity index (χ0) is 14.5. The molecule has 1 aromatic heterocycles. The Morgan fingerprint density at radius 3 is 2.20 bits per heavy atom. The molecule has 0 fully saturated rings. The first-order chi connectivity index (χ1) is 9.54. The number of rotatable bonds is 5. The SMILES string of the molecule is CC(C)Nc1ccc(-c2ccc(CN(C)C)cc2)nn1. The molecule has 4 nitrogen and oxygen atoms in total. The number of hydrogen-bond acceptors (Lipinski definition) is 4. The van der Waals surface area contributed by atoms with E-state index in [1.807, 2.05) is 12.1 Å². The van der Waals surface area contributed by atoms with Crippen molar-refractivity contribution in [2.45, 2.75) is 26.4 Å². The summed E-state index contributed by atoms with van der Waals surface area (Å²) in [6.45, 7) is 5.11. The van der Waals surface area contributed by atoms with Gasteiger partial charge in [-0.05, 0) is 45.6 Å². The highest BCUT2D eigenvalue weighted by Crippen LogP contribution is 2.18. The van der Waals surface area contributed by atoms with Crippen LogP contribution < -0.4 is 5.32 Å². The minimum atomic E-state index is 0.362. The van der Waals surface area contributed by atoms with Gasteiger partial charge in [0.05, 0.1) is 5.69 Å². The van der Waals surface area contributed by atoms with E-state index in [0.717, 1.165) is 23.6 Å². The van der Waals surface area contributed by atoms with Crippen molar-refractivity contribution in [3.63, 3.8) is 0 Å². The molecule has 2 rings (SSSR count). The first-order valence-corrected chi connectivity index (χ1v) is 6.89. The maximum absolute atomic E-state index is 4.27. The molecule has 1 aromatic carbocycles. The second-order valence-electron chi connectivity index (χ2n) is 5.54. The molecule has 0 aliphatic heterocycles. The van der Waals surface area contributed by atoms with Crippen molar-refractivity contribution in [2.24, 2.45) is 0 Å². The lowest BCUT2D eigenvalue weighted by atomic mass is 10.1. The smallest absolute Gasteiger partial charge is 0.148 e. The number of hydrogen-bond donors (Lipinski definition) is 1. The lowest BCUT2D eigenvalue weighted by molar-refractivity contribution is 0.402. The molecule has 0 aliphatic carbocycles. The van der Waals surface area contributed by atoms with Crippen molar-refractivity contribution in [1.82, 2.24) is 15.1 Å². The summed E-state index contributed by atoms with van der Waals surface area (Å²) in [6, 6.07) is 12.8. The van der Waals surface area contributed by atoms with Gasteiger partial charge in [-0.3, -0.25) is 0 Å². The summed E-state index contributed by atoms with van der Waals surface area (Å²) in [5.74, 6) is 0.813. The van der Waals surface area contributed by atoms with Gasteiger partial charge >= 0.3 is 0 Å². The second kappa shape index (κ2) is 6.48. The maximum atomic E-state index is 4.27. The normalized spacial score (nSPS) is 11.1. The highest BCUT2D eigenvalue weighted by Gasteiger charge is 2.03. The van der Waals surface area contributed by atoms with Crippen LogP contribution in [0.5, 0.6) is 0 Å². The van der Waals surface area contributed by atoms with Crippen LogP contribution in [0.1, 0.15) is 19.4 Å². The Hall–Kier alpha value is -1.94. The van der Waals surface area contributed by atoms with Crippen molar-refractivity contribution in [3.8, 4) is 11.3 Å². The highest BCUT2D eigenvalue weighted by atomic mass is 15.2. The van der Waals surface area contributed by atoms with Gasteiger partial charge in [0.25, 0.3) is 0 Å². The van der Waals surface area contributed by atoms with Gasteiger partial charge in [0.1, 0.15) is 5.82 Å². The van der Waals surface area contributed by atoms with Gasteiger partial charge in [-0.1, -0.05) is 24.3 Å². The van der Waals surface area contributed by atoms with Crippen molar-refractivity contribution in [2.75, 3.05) is 19.4 Å². The number of anilines is 1. The molecule has 4 heteroatoms. The molecule has 0 unspecified atom stereocenters. The van der Waals surface area contributed by atoms with Crippen molar-refractivity contribution in [1.29, 1.82) is 0 Å². The molecule has 2 aromatic rings. The van der Waals surface area contributed by atoms with Crippen molar-refractivity contribution in [3.05, 3.63) is 42.0 Å². The number of aromatic nitrogens is 2. The Morgan fingerprint density at radius 2 is 1.70 bits per heavy atom. The number of benzene rings is 1. The van der Waals surface area contributed by atoms with Gasteiger partial charge in [-0.25, -0.2) is 0 Å².